The Labute approximate surface area is 203 Å². The van der Waals surface area contributed by atoms with Crippen molar-refractivity contribution in [3.63, 3.8) is 0 Å². The summed E-state index contributed by atoms with van der Waals surface area (Å²) in [5, 5.41) is 0. The van der Waals surface area contributed by atoms with Crippen LogP contribution in [-0.4, -0.2) is 0 Å². The van der Waals surface area contributed by atoms with Gasteiger partial charge in [0.2, 0.25) is 0 Å². The standard InChI is InChI=1S/C33H33N/c1-2-33(25-18-10-5-11-19-25)29-21-13-12-20-26(29)28-22-27(23-14-6-3-7-15-23)32(34)30(31(28)33)24-16-8-4-9-17-24/h3-4,6-9,12-17,20-22,25H,2,5,10-11,18-19,34H2,1H3. The first-order valence-corrected chi connectivity index (χ1v) is 12.9. The average molecular weight is 444 g/mol. The van der Waals surface area contributed by atoms with Crippen LogP contribution < -0.4 is 5.73 Å². The summed E-state index contributed by atoms with van der Waals surface area (Å²) in [4.78, 5) is 0. The number of hydrogen-bond donors (Lipinski definition) is 1. The molecule has 0 spiro atoms. The van der Waals surface area contributed by atoms with Gasteiger partial charge in [0, 0.05) is 22.2 Å². The maximum Gasteiger partial charge on any atom is 0.0476 e. The fourth-order valence-electron chi connectivity index (χ4n) is 7.05. The molecule has 1 heteroatoms. The SMILES string of the molecule is CCC1(C2CCCCC2)c2ccccc2-c2cc(-c3ccccc3)c(N)c(-c3ccccc3)c21. The predicted molar refractivity (Wildman–Crippen MR) is 145 cm³/mol. The fourth-order valence-corrected chi connectivity index (χ4v) is 7.05. The van der Waals surface area contributed by atoms with Crippen LogP contribution in [0.4, 0.5) is 5.69 Å². The molecule has 170 valence electrons. The van der Waals surface area contributed by atoms with Gasteiger partial charge in [-0.3, -0.25) is 0 Å². The highest BCUT2D eigenvalue weighted by Gasteiger charge is 2.49. The first kappa shape index (κ1) is 21.2. The van der Waals surface area contributed by atoms with E-state index >= 15 is 0 Å². The summed E-state index contributed by atoms with van der Waals surface area (Å²) in [7, 11) is 0. The molecule has 34 heavy (non-hydrogen) atoms. The highest BCUT2D eigenvalue weighted by Crippen LogP contribution is 2.61. The van der Waals surface area contributed by atoms with Crippen LogP contribution in [0.1, 0.15) is 56.6 Å². The molecule has 4 aromatic carbocycles. The maximum absolute atomic E-state index is 7.16. The van der Waals surface area contributed by atoms with Gasteiger partial charge in [0.15, 0.2) is 0 Å². The molecule has 0 aromatic heterocycles. The summed E-state index contributed by atoms with van der Waals surface area (Å²) in [6.45, 7) is 2.40. The zero-order valence-corrected chi connectivity index (χ0v) is 20.1. The van der Waals surface area contributed by atoms with Gasteiger partial charge in [-0.05, 0) is 64.6 Å². The summed E-state index contributed by atoms with van der Waals surface area (Å²) < 4.78 is 0. The van der Waals surface area contributed by atoms with E-state index in [1.54, 1.807) is 0 Å². The van der Waals surface area contributed by atoms with E-state index in [1.165, 1.54) is 71.0 Å². The number of nitrogen functional groups attached to an aromatic ring is 1. The van der Waals surface area contributed by atoms with Crippen molar-refractivity contribution in [3.05, 3.63) is 102 Å². The number of hydrogen-bond acceptors (Lipinski definition) is 1. The molecule has 1 fully saturated rings. The number of rotatable bonds is 4. The lowest BCUT2D eigenvalue weighted by atomic mass is 9.61. The van der Waals surface area contributed by atoms with E-state index in [0.29, 0.717) is 5.92 Å². The van der Waals surface area contributed by atoms with E-state index in [0.717, 1.165) is 17.7 Å². The van der Waals surface area contributed by atoms with E-state index < -0.39 is 0 Å². The van der Waals surface area contributed by atoms with Crippen LogP contribution in [0.5, 0.6) is 0 Å². The minimum atomic E-state index is 0.0147. The number of anilines is 1. The third-order valence-electron chi connectivity index (χ3n) is 8.52. The van der Waals surface area contributed by atoms with Crippen LogP contribution in [0.15, 0.2) is 91.0 Å². The second kappa shape index (κ2) is 8.47. The van der Waals surface area contributed by atoms with Gasteiger partial charge >= 0.3 is 0 Å². The van der Waals surface area contributed by atoms with Gasteiger partial charge in [-0.25, -0.2) is 0 Å². The summed E-state index contributed by atoms with van der Waals surface area (Å²) in [5.41, 5.74) is 18.7. The Morgan fingerprint density at radius 3 is 2.00 bits per heavy atom. The normalized spacial score (nSPS) is 19.6. The van der Waals surface area contributed by atoms with Crippen molar-refractivity contribution < 1.29 is 0 Å². The van der Waals surface area contributed by atoms with E-state index in [1.807, 2.05) is 0 Å². The predicted octanol–water partition coefficient (Wildman–Crippen LogP) is 8.86. The smallest absolute Gasteiger partial charge is 0.0476 e. The molecule has 0 amide bonds. The van der Waals surface area contributed by atoms with E-state index in [-0.39, 0.29) is 5.41 Å². The summed E-state index contributed by atoms with van der Waals surface area (Å²) in [6.07, 6.45) is 7.74. The molecule has 0 saturated heterocycles. The quantitative estimate of drug-likeness (QED) is 0.313. The van der Waals surface area contributed by atoms with E-state index in [9.17, 15) is 0 Å². The first-order valence-electron chi connectivity index (χ1n) is 12.9. The molecule has 1 unspecified atom stereocenters. The van der Waals surface area contributed by atoms with Crippen molar-refractivity contribution in [2.24, 2.45) is 5.92 Å². The van der Waals surface area contributed by atoms with E-state index in [4.69, 9.17) is 5.73 Å². The van der Waals surface area contributed by atoms with Crippen LogP contribution in [0.2, 0.25) is 0 Å². The molecule has 1 nitrogen and oxygen atoms in total. The summed E-state index contributed by atoms with van der Waals surface area (Å²) in [5.74, 6) is 0.651. The second-order valence-electron chi connectivity index (χ2n) is 10.1. The van der Waals surface area contributed by atoms with Crippen LogP contribution in [-0.2, 0) is 5.41 Å². The number of fused-ring (bicyclic) bond motifs is 3. The molecule has 1 saturated carbocycles. The Bertz CT molecular complexity index is 1320. The first-order chi connectivity index (χ1) is 16.8. The van der Waals surface area contributed by atoms with Crippen LogP contribution in [0.3, 0.4) is 0 Å². The minimum absolute atomic E-state index is 0.0147. The van der Waals surface area contributed by atoms with Gasteiger partial charge in [0.1, 0.15) is 0 Å². The van der Waals surface area contributed by atoms with Crippen LogP contribution in [0, 0.1) is 5.92 Å². The van der Waals surface area contributed by atoms with Crippen molar-refractivity contribution in [2.75, 3.05) is 5.73 Å². The Hall–Kier alpha value is -3.32. The van der Waals surface area contributed by atoms with Gasteiger partial charge < -0.3 is 5.73 Å². The van der Waals surface area contributed by atoms with Gasteiger partial charge in [-0.2, -0.15) is 0 Å². The fraction of sp³-hybridized carbons (Fsp3) is 0.273. The molecule has 2 N–H and O–H groups in total. The molecule has 2 aliphatic carbocycles. The number of benzene rings is 4. The Morgan fingerprint density at radius 1 is 0.706 bits per heavy atom. The Balaban J connectivity index is 1.74. The second-order valence-corrected chi connectivity index (χ2v) is 10.1. The molecule has 0 heterocycles. The average Bonchev–Trinajstić information content (AvgIpc) is 3.20. The molecule has 0 aliphatic heterocycles. The van der Waals surface area contributed by atoms with Gasteiger partial charge in [-0.15, -0.1) is 0 Å². The van der Waals surface area contributed by atoms with Gasteiger partial charge in [-0.1, -0.05) is 111 Å². The zero-order chi connectivity index (χ0) is 23.1. The Kier molecular flexibility index (Phi) is 5.29. The molecule has 0 bridgehead atoms. The summed E-state index contributed by atoms with van der Waals surface area (Å²) in [6, 6.07) is 33.1. The number of nitrogens with two attached hydrogens (primary N) is 1. The molecule has 2 aliphatic rings. The highest BCUT2D eigenvalue weighted by molar-refractivity contribution is 6.00. The molecular formula is C33H33N. The van der Waals surface area contributed by atoms with Crippen molar-refractivity contribution in [3.8, 4) is 33.4 Å². The highest BCUT2D eigenvalue weighted by atomic mass is 14.6. The van der Waals surface area contributed by atoms with Crippen molar-refractivity contribution >= 4 is 5.69 Å². The van der Waals surface area contributed by atoms with Gasteiger partial charge in [0.25, 0.3) is 0 Å². The lowest BCUT2D eigenvalue weighted by Crippen LogP contribution is -2.36. The topological polar surface area (TPSA) is 26.0 Å². The third-order valence-corrected chi connectivity index (χ3v) is 8.52. The van der Waals surface area contributed by atoms with Gasteiger partial charge in [0.05, 0.1) is 0 Å². The summed E-state index contributed by atoms with van der Waals surface area (Å²) >= 11 is 0. The zero-order valence-electron chi connectivity index (χ0n) is 20.1. The lowest BCUT2D eigenvalue weighted by Gasteiger charge is -2.42. The van der Waals surface area contributed by atoms with Crippen molar-refractivity contribution in [1.82, 2.24) is 0 Å². The van der Waals surface area contributed by atoms with Crippen molar-refractivity contribution in [2.45, 2.75) is 50.9 Å². The third kappa shape index (κ3) is 3.06. The lowest BCUT2D eigenvalue weighted by molar-refractivity contribution is 0.236. The minimum Gasteiger partial charge on any atom is -0.398 e. The molecule has 4 aromatic rings. The Morgan fingerprint density at radius 2 is 1.32 bits per heavy atom. The van der Waals surface area contributed by atoms with Crippen LogP contribution >= 0.6 is 0 Å². The molecule has 1 atom stereocenters. The largest absolute Gasteiger partial charge is 0.398 e. The molecular weight excluding hydrogens is 410 g/mol. The van der Waals surface area contributed by atoms with E-state index in [2.05, 4.69) is 97.9 Å². The monoisotopic (exact) mass is 443 g/mol. The molecule has 0 radical (unpaired) electrons. The molecule has 6 rings (SSSR count). The maximum atomic E-state index is 7.16. The van der Waals surface area contributed by atoms with Crippen LogP contribution in [0.25, 0.3) is 33.4 Å². The van der Waals surface area contributed by atoms with Crippen molar-refractivity contribution in [1.29, 1.82) is 0 Å².